The second kappa shape index (κ2) is 4.58. The van der Waals surface area contributed by atoms with Crippen LogP contribution in [0.25, 0.3) is 0 Å². The molecule has 64 valence electrons. The van der Waals surface area contributed by atoms with E-state index in [0.29, 0.717) is 19.4 Å². The van der Waals surface area contributed by atoms with E-state index in [9.17, 15) is 0 Å². The Bertz CT molecular complexity index is 272. The molecule has 0 saturated heterocycles. The third-order valence-electron chi connectivity index (χ3n) is 1.60. The van der Waals surface area contributed by atoms with Crippen LogP contribution in [0.2, 0.25) is 0 Å². The Morgan fingerprint density at radius 3 is 3.17 bits per heavy atom. The van der Waals surface area contributed by atoms with Gasteiger partial charge in [0.2, 0.25) is 0 Å². The molecule has 0 aliphatic rings. The van der Waals surface area contributed by atoms with E-state index in [1.54, 1.807) is 13.4 Å². The molecule has 12 heavy (non-hydrogen) atoms. The van der Waals surface area contributed by atoms with E-state index in [1.807, 2.05) is 6.07 Å². The van der Waals surface area contributed by atoms with Crippen LogP contribution in [0.1, 0.15) is 17.7 Å². The highest BCUT2D eigenvalue weighted by molar-refractivity contribution is 5.16. The lowest BCUT2D eigenvalue weighted by molar-refractivity contribution is 0.183. The van der Waals surface area contributed by atoms with Gasteiger partial charge in [0, 0.05) is 25.5 Å². The number of rotatable bonds is 4. The van der Waals surface area contributed by atoms with Crippen LogP contribution in [0.4, 0.5) is 0 Å². The fraction of sp³-hybridized carbons (Fsp3) is 0.444. The van der Waals surface area contributed by atoms with Crippen LogP contribution in [0.15, 0.2) is 16.7 Å². The summed E-state index contributed by atoms with van der Waals surface area (Å²) in [6.45, 7) is 0.553. The van der Waals surface area contributed by atoms with Crippen molar-refractivity contribution in [2.24, 2.45) is 0 Å². The van der Waals surface area contributed by atoms with Crippen LogP contribution in [0, 0.1) is 11.3 Å². The number of nitriles is 1. The normalized spacial score (nSPS) is 9.67. The van der Waals surface area contributed by atoms with Crippen LogP contribution >= 0.6 is 0 Å². The fourth-order valence-electron chi connectivity index (χ4n) is 1.04. The zero-order valence-corrected chi connectivity index (χ0v) is 7.04. The number of nitrogens with zero attached hydrogens (tertiary/aromatic N) is 1. The summed E-state index contributed by atoms with van der Waals surface area (Å²) in [5, 5.41) is 8.36. The first-order chi connectivity index (χ1) is 5.88. The largest absolute Gasteiger partial charge is 0.469 e. The van der Waals surface area contributed by atoms with E-state index in [4.69, 9.17) is 14.4 Å². The molecule has 0 bridgehead atoms. The van der Waals surface area contributed by atoms with E-state index < -0.39 is 0 Å². The molecular formula is C9H11NO2. The molecule has 0 fully saturated rings. The molecule has 1 heterocycles. The quantitative estimate of drug-likeness (QED) is 0.684. The Labute approximate surface area is 71.6 Å². The SMILES string of the molecule is COCc1ccoc1CCC#N. The number of aryl methyl sites for hydroxylation is 1. The molecule has 0 N–H and O–H groups in total. The molecule has 1 rings (SSSR count). The van der Waals surface area contributed by atoms with Crippen LogP contribution in [0.5, 0.6) is 0 Å². The van der Waals surface area contributed by atoms with Crippen LogP contribution in [-0.4, -0.2) is 7.11 Å². The van der Waals surface area contributed by atoms with Crippen molar-refractivity contribution in [2.45, 2.75) is 19.4 Å². The smallest absolute Gasteiger partial charge is 0.110 e. The highest BCUT2D eigenvalue weighted by Gasteiger charge is 2.04. The van der Waals surface area contributed by atoms with Gasteiger partial charge >= 0.3 is 0 Å². The summed E-state index contributed by atoms with van der Waals surface area (Å²) in [4.78, 5) is 0. The Balaban J connectivity index is 2.58. The summed E-state index contributed by atoms with van der Waals surface area (Å²) in [5.74, 6) is 0.860. The predicted molar refractivity (Wildman–Crippen MR) is 43.4 cm³/mol. The lowest BCUT2D eigenvalue weighted by Gasteiger charge is -1.97. The maximum atomic E-state index is 8.36. The molecule has 3 heteroatoms. The number of ether oxygens (including phenoxy) is 1. The van der Waals surface area contributed by atoms with Gasteiger partial charge in [0.25, 0.3) is 0 Å². The minimum absolute atomic E-state index is 0.490. The maximum Gasteiger partial charge on any atom is 0.110 e. The predicted octanol–water partition coefficient (Wildman–Crippen LogP) is 1.88. The van der Waals surface area contributed by atoms with Crippen molar-refractivity contribution in [2.75, 3.05) is 7.11 Å². The van der Waals surface area contributed by atoms with Crippen LogP contribution in [0.3, 0.4) is 0 Å². The van der Waals surface area contributed by atoms with Gasteiger partial charge < -0.3 is 9.15 Å². The Hall–Kier alpha value is -1.27. The molecule has 0 atom stereocenters. The van der Waals surface area contributed by atoms with E-state index in [0.717, 1.165) is 11.3 Å². The molecule has 1 aromatic rings. The molecular weight excluding hydrogens is 154 g/mol. The van der Waals surface area contributed by atoms with Crippen molar-refractivity contribution in [1.29, 1.82) is 5.26 Å². The van der Waals surface area contributed by atoms with Crippen LogP contribution < -0.4 is 0 Å². The Morgan fingerprint density at radius 1 is 1.67 bits per heavy atom. The summed E-state index contributed by atoms with van der Waals surface area (Å²) < 4.78 is 10.2. The van der Waals surface area contributed by atoms with Gasteiger partial charge in [-0.2, -0.15) is 5.26 Å². The number of hydrogen-bond acceptors (Lipinski definition) is 3. The van der Waals surface area contributed by atoms with Crippen molar-refractivity contribution < 1.29 is 9.15 Å². The van der Waals surface area contributed by atoms with Crippen molar-refractivity contribution in [3.05, 3.63) is 23.7 Å². The monoisotopic (exact) mass is 165 g/mol. The molecule has 0 spiro atoms. The molecule has 0 aliphatic heterocycles. The van der Waals surface area contributed by atoms with Crippen molar-refractivity contribution in [3.8, 4) is 6.07 Å². The Morgan fingerprint density at radius 2 is 2.50 bits per heavy atom. The molecule has 0 radical (unpaired) electrons. The van der Waals surface area contributed by atoms with Gasteiger partial charge in [-0.25, -0.2) is 0 Å². The van der Waals surface area contributed by atoms with Crippen molar-refractivity contribution >= 4 is 0 Å². The minimum atomic E-state index is 0.490. The molecule has 0 saturated carbocycles. The standard InChI is InChI=1S/C9H11NO2/c1-11-7-8-4-6-12-9(8)3-2-5-10/h4,6H,2-3,7H2,1H3. The fourth-order valence-corrected chi connectivity index (χ4v) is 1.04. The minimum Gasteiger partial charge on any atom is -0.469 e. The first-order valence-electron chi connectivity index (χ1n) is 3.79. The van der Waals surface area contributed by atoms with Gasteiger partial charge in [-0.05, 0) is 6.07 Å². The zero-order chi connectivity index (χ0) is 8.81. The summed E-state index contributed by atoms with van der Waals surface area (Å²) in [7, 11) is 1.64. The number of hydrogen-bond donors (Lipinski definition) is 0. The molecule has 1 aromatic heterocycles. The van der Waals surface area contributed by atoms with Crippen molar-refractivity contribution in [3.63, 3.8) is 0 Å². The second-order valence-corrected chi connectivity index (χ2v) is 2.46. The average Bonchev–Trinajstić information content (AvgIpc) is 2.50. The molecule has 0 aliphatic carbocycles. The van der Waals surface area contributed by atoms with Gasteiger partial charge in [0.15, 0.2) is 0 Å². The van der Waals surface area contributed by atoms with Crippen LogP contribution in [-0.2, 0) is 17.8 Å². The Kier molecular flexibility index (Phi) is 3.36. The van der Waals surface area contributed by atoms with Gasteiger partial charge in [0.1, 0.15) is 5.76 Å². The van der Waals surface area contributed by atoms with Crippen molar-refractivity contribution in [1.82, 2.24) is 0 Å². The topological polar surface area (TPSA) is 46.2 Å². The second-order valence-electron chi connectivity index (χ2n) is 2.46. The highest BCUT2D eigenvalue weighted by Crippen LogP contribution is 2.13. The van der Waals surface area contributed by atoms with E-state index in [2.05, 4.69) is 6.07 Å². The molecule has 0 aromatic carbocycles. The van der Waals surface area contributed by atoms with Gasteiger partial charge in [-0.1, -0.05) is 0 Å². The number of methoxy groups -OCH3 is 1. The van der Waals surface area contributed by atoms with E-state index >= 15 is 0 Å². The highest BCUT2D eigenvalue weighted by atomic mass is 16.5. The molecule has 0 amide bonds. The summed E-state index contributed by atoms with van der Waals surface area (Å²) >= 11 is 0. The third kappa shape index (κ3) is 2.11. The summed E-state index contributed by atoms with van der Waals surface area (Å²) in [6, 6.07) is 3.95. The lowest BCUT2D eigenvalue weighted by Crippen LogP contribution is -1.90. The van der Waals surface area contributed by atoms with Gasteiger partial charge in [-0.3, -0.25) is 0 Å². The zero-order valence-electron chi connectivity index (χ0n) is 7.04. The lowest BCUT2D eigenvalue weighted by atomic mass is 10.2. The first-order valence-corrected chi connectivity index (χ1v) is 3.79. The number of furan rings is 1. The first kappa shape index (κ1) is 8.82. The molecule has 0 unspecified atom stereocenters. The summed E-state index contributed by atoms with van der Waals surface area (Å²) in [6.07, 6.45) is 2.79. The van der Waals surface area contributed by atoms with E-state index in [-0.39, 0.29) is 0 Å². The average molecular weight is 165 g/mol. The maximum absolute atomic E-state index is 8.36. The summed E-state index contributed by atoms with van der Waals surface area (Å²) in [5.41, 5.74) is 1.03. The molecule has 3 nitrogen and oxygen atoms in total. The van der Waals surface area contributed by atoms with Gasteiger partial charge in [-0.15, -0.1) is 0 Å². The van der Waals surface area contributed by atoms with E-state index in [1.165, 1.54) is 0 Å². The third-order valence-corrected chi connectivity index (χ3v) is 1.60. The van der Waals surface area contributed by atoms with Gasteiger partial charge in [0.05, 0.1) is 18.9 Å².